The third-order valence-corrected chi connectivity index (χ3v) is 4.40. The number of hydrogen-bond donors (Lipinski definition) is 0. The monoisotopic (exact) mass is 322 g/mol. The van der Waals surface area contributed by atoms with Crippen LogP contribution in [0.1, 0.15) is 30.5 Å². The number of hydrogen-bond acceptors (Lipinski definition) is 3. The molecular weight excluding hydrogens is 307 g/mol. The zero-order valence-electron chi connectivity index (χ0n) is 11.8. The van der Waals surface area contributed by atoms with Gasteiger partial charge in [0, 0.05) is 16.8 Å². The van der Waals surface area contributed by atoms with Crippen LogP contribution >= 0.6 is 23.2 Å². The summed E-state index contributed by atoms with van der Waals surface area (Å²) in [6.07, 6.45) is 5.47. The highest BCUT2D eigenvalue weighted by molar-refractivity contribution is 6.32. The minimum atomic E-state index is 0.546. The number of methoxy groups -OCH3 is 1. The summed E-state index contributed by atoms with van der Waals surface area (Å²) >= 11 is 12.5. The Bertz CT molecular complexity index is 674. The molecule has 110 valence electrons. The first-order chi connectivity index (χ1) is 10.2. The second kappa shape index (κ2) is 6.20. The van der Waals surface area contributed by atoms with E-state index in [-0.39, 0.29) is 0 Å². The van der Waals surface area contributed by atoms with E-state index in [9.17, 15) is 0 Å². The molecule has 3 rings (SSSR count). The van der Waals surface area contributed by atoms with Gasteiger partial charge in [-0.1, -0.05) is 29.6 Å². The minimum Gasteiger partial charge on any atom is -0.495 e. The zero-order valence-corrected chi connectivity index (χ0v) is 13.3. The van der Waals surface area contributed by atoms with Crippen LogP contribution in [-0.2, 0) is 12.8 Å². The molecule has 0 bridgehead atoms. The van der Waals surface area contributed by atoms with Crippen molar-refractivity contribution < 1.29 is 4.74 Å². The molecule has 0 saturated heterocycles. The van der Waals surface area contributed by atoms with Crippen LogP contribution in [-0.4, -0.2) is 17.1 Å². The van der Waals surface area contributed by atoms with Crippen molar-refractivity contribution in [2.24, 2.45) is 0 Å². The summed E-state index contributed by atoms with van der Waals surface area (Å²) in [7, 11) is 1.59. The largest absolute Gasteiger partial charge is 0.495 e. The van der Waals surface area contributed by atoms with E-state index in [0.29, 0.717) is 21.7 Å². The van der Waals surface area contributed by atoms with Gasteiger partial charge >= 0.3 is 0 Å². The fourth-order valence-corrected chi connectivity index (χ4v) is 3.20. The molecule has 0 unspecified atom stereocenters. The zero-order chi connectivity index (χ0) is 14.8. The highest BCUT2D eigenvalue weighted by Gasteiger charge is 2.16. The Morgan fingerprint density at radius 2 is 1.86 bits per heavy atom. The molecule has 1 aliphatic carbocycles. The topological polar surface area (TPSA) is 35.0 Å². The Hall–Kier alpha value is -1.32. The molecule has 0 saturated carbocycles. The van der Waals surface area contributed by atoms with Gasteiger partial charge < -0.3 is 4.74 Å². The number of ether oxygens (including phenoxy) is 1. The van der Waals surface area contributed by atoms with E-state index in [1.807, 2.05) is 18.2 Å². The van der Waals surface area contributed by atoms with Crippen molar-refractivity contribution in [1.29, 1.82) is 0 Å². The average Bonchev–Trinajstić information content (AvgIpc) is 2.72. The number of nitrogens with zero attached hydrogens (tertiary/aromatic N) is 2. The van der Waals surface area contributed by atoms with Gasteiger partial charge in [-0.25, -0.2) is 9.97 Å². The lowest BCUT2D eigenvalue weighted by molar-refractivity contribution is 0.415. The van der Waals surface area contributed by atoms with Gasteiger partial charge in [0.25, 0.3) is 0 Å². The third-order valence-electron chi connectivity index (χ3n) is 3.79. The van der Waals surface area contributed by atoms with Gasteiger partial charge in [0.1, 0.15) is 10.9 Å². The summed E-state index contributed by atoms with van der Waals surface area (Å²) in [5.41, 5.74) is 3.04. The van der Waals surface area contributed by atoms with Crippen molar-refractivity contribution in [3.8, 4) is 17.1 Å². The molecule has 3 nitrogen and oxygen atoms in total. The Morgan fingerprint density at radius 1 is 1.05 bits per heavy atom. The van der Waals surface area contributed by atoms with Crippen LogP contribution in [0.15, 0.2) is 18.2 Å². The number of fused-ring (bicyclic) bond motifs is 1. The first kappa shape index (κ1) is 14.6. The summed E-state index contributed by atoms with van der Waals surface area (Å²) in [6.45, 7) is 0. The maximum Gasteiger partial charge on any atom is 0.161 e. The first-order valence-electron chi connectivity index (χ1n) is 7.08. The molecular formula is C16H16Cl2N2O. The smallest absolute Gasteiger partial charge is 0.161 e. The Balaban J connectivity index is 2.05. The molecule has 0 amide bonds. The summed E-state index contributed by atoms with van der Waals surface area (Å²) in [5.74, 6) is 1.27. The van der Waals surface area contributed by atoms with Gasteiger partial charge in [0.05, 0.1) is 12.1 Å². The summed E-state index contributed by atoms with van der Waals surface area (Å²) in [4.78, 5) is 9.16. The highest BCUT2D eigenvalue weighted by atomic mass is 35.5. The van der Waals surface area contributed by atoms with Crippen LogP contribution in [0.3, 0.4) is 0 Å². The number of aromatic nitrogens is 2. The van der Waals surface area contributed by atoms with Crippen molar-refractivity contribution in [3.05, 3.63) is 39.6 Å². The number of halogens is 2. The summed E-state index contributed by atoms with van der Waals surface area (Å²) in [5, 5.41) is 1.12. The molecule has 1 aromatic carbocycles. The summed E-state index contributed by atoms with van der Waals surface area (Å²) in [6, 6.07) is 5.54. The van der Waals surface area contributed by atoms with Gasteiger partial charge in [-0.15, -0.1) is 0 Å². The number of aryl methyl sites for hydroxylation is 1. The Kier molecular flexibility index (Phi) is 4.32. The first-order valence-corrected chi connectivity index (χ1v) is 7.84. The predicted molar refractivity (Wildman–Crippen MR) is 85.3 cm³/mol. The van der Waals surface area contributed by atoms with Gasteiger partial charge in [-0.05, 0) is 43.9 Å². The van der Waals surface area contributed by atoms with Crippen LogP contribution < -0.4 is 4.74 Å². The van der Waals surface area contributed by atoms with Crippen LogP contribution in [0.25, 0.3) is 11.4 Å². The van der Waals surface area contributed by atoms with Crippen LogP contribution in [0.4, 0.5) is 0 Å². The molecule has 21 heavy (non-hydrogen) atoms. The lowest BCUT2D eigenvalue weighted by Gasteiger charge is -2.10. The van der Waals surface area contributed by atoms with E-state index >= 15 is 0 Å². The van der Waals surface area contributed by atoms with Crippen LogP contribution in [0.2, 0.25) is 10.2 Å². The van der Waals surface area contributed by atoms with E-state index in [2.05, 4.69) is 4.98 Å². The standard InChI is InChI=1S/C16H16Cl2N2O/c1-21-14-8-7-10(9-12(14)17)16-19-13-6-4-2-3-5-11(13)15(18)20-16/h7-9H,2-6H2,1H3. The van der Waals surface area contributed by atoms with Crippen molar-refractivity contribution in [2.45, 2.75) is 32.1 Å². The van der Waals surface area contributed by atoms with Crippen LogP contribution in [0, 0.1) is 0 Å². The molecule has 0 N–H and O–H groups in total. The van der Waals surface area contributed by atoms with Gasteiger partial charge in [0.2, 0.25) is 0 Å². The molecule has 0 atom stereocenters. The van der Waals surface area contributed by atoms with E-state index in [1.54, 1.807) is 7.11 Å². The lowest BCUT2D eigenvalue weighted by Crippen LogP contribution is -2.02. The van der Waals surface area contributed by atoms with E-state index in [4.69, 9.17) is 32.9 Å². The molecule has 0 radical (unpaired) electrons. The minimum absolute atomic E-state index is 0.546. The molecule has 0 aliphatic heterocycles. The fourth-order valence-electron chi connectivity index (χ4n) is 2.66. The second-order valence-electron chi connectivity index (χ2n) is 5.17. The molecule has 5 heteroatoms. The Labute approximate surface area is 134 Å². The van der Waals surface area contributed by atoms with Crippen molar-refractivity contribution in [3.63, 3.8) is 0 Å². The molecule has 0 fully saturated rings. The molecule has 1 aromatic heterocycles. The van der Waals surface area contributed by atoms with Crippen LogP contribution in [0.5, 0.6) is 5.75 Å². The Morgan fingerprint density at radius 3 is 2.62 bits per heavy atom. The molecule has 0 spiro atoms. The fraction of sp³-hybridized carbons (Fsp3) is 0.375. The van der Waals surface area contributed by atoms with E-state index < -0.39 is 0 Å². The third kappa shape index (κ3) is 2.99. The maximum atomic E-state index is 6.36. The van der Waals surface area contributed by atoms with E-state index in [0.717, 1.165) is 42.5 Å². The molecule has 1 aliphatic rings. The van der Waals surface area contributed by atoms with Crippen molar-refractivity contribution in [2.75, 3.05) is 7.11 Å². The molecule has 2 aromatic rings. The SMILES string of the molecule is COc1ccc(-c2nc(Cl)c3c(n2)CCCCC3)cc1Cl. The van der Waals surface area contributed by atoms with Crippen molar-refractivity contribution in [1.82, 2.24) is 9.97 Å². The van der Waals surface area contributed by atoms with E-state index in [1.165, 1.54) is 6.42 Å². The highest BCUT2D eigenvalue weighted by Crippen LogP contribution is 2.31. The van der Waals surface area contributed by atoms with Crippen molar-refractivity contribution >= 4 is 23.2 Å². The number of rotatable bonds is 2. The number of benzene rings is 1. The normalized spacial score (nSPS) is 14.4. The second-order valence-corrected chi connectivity index (χ2v) is 5.94. The quantitative estimate of drug-likeness (QED) is 0.592. The van der Waals surface area contributed by atoms with Gasteiger partial charge in [0.15, 0.2) is 5.82 Å². The maximum absolute atomic E-state index is 6.36. The lowest BCUT2D eigenvalue weighted by atomic mass is 10.1. The molecule has 1 heterocycles. The van der Waals surface area contributed by atoms with Gasteiger partial charge in [-0.3, -0.25) is 0 Å². The van der Waals surface area contributed by atoms with Gasteiger partial charge in [-0.2, -0.15) is 0 Å². The predicted octanol–water partition coefficient (Wildman–Crippen LogP) is 4.73. The average molecular weight is 323 g/mol. The summed E-state index contributed by atoms with van der Waals surface area (Å²) < 4.78 is 5.17.